The van der Waals surface area contributed by atoms with E-state index in [9.17, 15) is 18.0 Å². The lowest BCUT2D eigenvalue weighted by Gasteiger charge is -2.07. The van der Waals surface area contributed by atoms with Gasteiger partial charge in [-0.05, 0) is 31.2 Å². The van der Waals surface area contributed by atoms with Gasteiger partial charge in [-0.15, -0.1) is 5.10 Å². The van der Waals surface area contributed by atoms with Crippen LogP contribution < -0.4 is 5.32 Å². The highest BCUT2D eigenvalue weighted by Gasteiger charge is 2.30. The number of carbonyl (C=O) groups excluding carboxylic acids is 1. The molecule has 2 aromatic rings. The van der Waals surface area contributed by atoms with Crippen molar-refractivity contribution in [2.75, 3.05) is 5.32 Å². The summed E-state index contributed by atoms with van der Waals surface area (Å²) < 4.78 is 37.2. The molecular formula is C12H9F3N5O+. The SMILES string of the molecule is Cc1[nH]nc(NC(=O)c2ccc(C(F)(F)F)cc2)c1[N+]#N. The van der Waals surface area contributed by atoms with Crippen LogP contribution in [0.5, 0.6) is 0 Å². The summed E-state index contributed by atoms with van der Waals surface area (Å²) >= 11 is 0. The van der Waals surface area contributed by atoms with Crippen LogP contribution in [0.1, 0.15) is 21.6 Å². The van der Waals surface area contributed by atoms with E-state index in [4.69, 9.17) is 5.39 Å². The molecule has 1 aromatic heterocycles. The van der Waals surface area contributed by atoms with Crippen LogP contribution in [0.25, 0.3) is 4.98 Å². The fraction of sp³-hybridized carbons (Fsp3) is 0.167. The lowest BCUT2D eigenvalue weighted by molar-refractivity contribution is -0.137. The first kappa shape index (κ1) is 14.5. The minimum atomic E-state index is -4.46. The van der Waals surface area contributed by atoms with Gasteiger partial charge in [-0.25, -0.2) is 0 Å². The van der Waals surface area contributed by atoms with E-state index in [0.29, 0.717) is 5.69 Å². The van der Waals surface area contributed by atoms with Gasteiger partial charge in [-0.3, -0.25) is 15.2 Å². The highest BCUT2D eigenvalue weighted by atomic mass is 19.4. The van der Waals surface area contributed by atoms with Crippen molar-refractivity contribution in [1.82, 2.24) is 10.2 Å². The van der Waals surface area contributed by atoms with E-state index >= 15 is 0 Å². The van der Waals surface area contributed by atoms with Crippen molar-refractivity contribution in [3.05, 3.63) is 46.1 Å². The molecule has 0 aliphatic rings. The Morgan fingerprint density at radius 3 is 2.48 bits per heavy atom. The summed E-state index contributed by atoms with van der Waals surface area (Å²) in [7, 11) is 0. The topological polar surface area (TPSA) is 85.9 Å². The van der Waals surface area contributed by atoms with E-state index in [2.05, 4.69) is 20.5 Å². The van der Waals surface area contributed by atoms with Crippen LogP contribution in [0.2, 0.25) is 0 Å². The lowest BCUT2D eigenvalue weighted by atomic mass is 10.1. The van der Waals surface area contributed by atoms with Gasteiger partial charge in [0, 0.05) is 5.56 Å². The quantitative estimate of drug-likeness (QED) is 0.832. The second-order valence-electron chi connectivity index (χ2n) is 4.18. The standard InChI is InChI=1S/C12H8F3N5O/c1-6-9(18-16)10(20-19-6)17-11(21)7-2-4-8(5-3-7)12(13,14)15/h2-5,16H,1H3/p+1. The minimum absolute atomic E-state index is 0.0140. The molecule has 1 amide bonds. The average Bonchev–Trinajstić information content (AvgIpc) is 2.78. The summed E-state index contributed by atoms with van der Waals surface area (Å²) in [6.07, 6.45) is -4.46. The van der Waals surface area contributed by atoms with Gasteiger partial charge in [0.15, 0.2) is 4.98 Å². The zero-order valence-electron chi connectivity index (χ0n) is 10.7. The van der Waals surface area contributed by atoms with Crippen LogP contribution >= 0.6 is 0 Å². The van der Waals surface area contributed by atoms with Crippen LogP contribution in [0, 0.1) is 12.3 Å². The molecule has 0 unspecified atom stereocenters. The summed E-state index contributed by atoms with van der Waals surface area (Å²) in [5, 5.41) is 17.4. The Balaban J connectivity index is 2.19. The van der Waals surface area contributed by atoms with E-state index in [1.165, 1.54) is 0 Å². The van der Waals surface area contributed by atoms with Gasteiger partial charge in [0.2, 0.25) is 5.39 Å². The predicted octanol–water partition coefficient (Wildman–Crippen LogP) is 3.47. The first-order valence-corrected chi connectivity index (χ1v) is 5.71. The van der Waals surface area contributed by atoms with Crippen molar-refractivity contribution in [2.24, 2.45) is 0 Å². The molecule has 2 N–H and O–H groups in total. The predicted molar refractivity (Wildman–Crippen MR) is 67.5 cm³/mol. The Morgan fingerprint density at radius 2 is 1.95 bits per heavy atom. The third kappa shape index (κ3) is 3.00. The summed E-state index contributed by atoms with van der Waals surface area (Å²) in [6, 6.07) is 3.71. The van der Waals surface area contributed by atoms with Crippen molar-refractivity contribution in [3.8, 4) is 0 Å². The number of nitrogens with zero attached hydrogens (tertiary/aromatic N) is 3. The van der Waals surface area contributed by atoms with E-state index < -0.39 is 17.6 Å². The molecule has 0 atom stereocenters. The van der Waals surface area contributed by atoms with Gasteiger partial charge < -0.3 is 0 Å². The summed E-state index contributed by atoms with van der Waals surface area (Å²) in [4.78, 5) is 14.8. The molecule has 0 fully saturated rings. The highest BCUT2D eigenvalue weighted by molar-refractivity contribution is 6.05. The molecule has 0 aliphatic heterocycles. The van der Waals surface area contributed by atoms with Gasteiger partial charge in [0.25, 0.3) is 11.7 Å². The molecule has 0 spiro atoms. The van der Waals surface area contributed by atoms with Gasteiger partial charge in [-0.2, -0.15) is 13.2 Å². The Bertz CT molecular complexity index is 712. The molecule has 0 aliphatic carbocycles. The largest absolute Gasteiger partial charge is 0.449 e. The molecule has 21 heavy (non-hydrogen) atoms. The fourth-order valence-electron chi connectivity index (χ4n) is 1.62. The number of diazo groups is 1. The number of rotatable bonds is 2. The number of anilines is 1. The number of aromatic nitrogens is 2. The fourth-order valence-corrected chi connectivity index (χ4v) is 1.62. The molecule has 1 aromatic carbocycles. The third-order valence-electron chi connectivity index (χ3n) is 2.72. The number of benzene rings is 1. The van der Waals surface area contributed by atoms with Gasteiger partial charge >= 0.3 is 11.9 Å². The molecule has 108 valence electrons. The monoisotopic (exact) mass is 296 g/mol. The van der Waals surface area contributed by atoms with Crippen LogP contribution in [-0.4, -0.2) is 16.1 Å². The lowest BCUT2D eigenvalue weighted by Crippen LogP contribution is -2.13. The molecule has 9 heteroatoms. The molecule has 0 radical (unpaired) electrons. The third-order valence-corrected chi connectivity index (χ3v) is 2.72. The number of halogens is 3. The van der Waals surface area contributed by atoms with E-state index in [0.717, 1.165) is 24.3 Å². The molecule has 0 saturated carbocycles. The maximum absolute atomic E-state index is 12.4. The number of amides is 1. The molecule has 0 bridgehead atoms. The minimum Gasteiger partial charge on any atom is -0.298 e. The van der Waals surface area contributed by atoms with Crippen molar-refractivity contribution in [1.29, 1.82) is 5.39 Å². The zero-order valence-corrected chi connectivity index (χ0v) is 10.7. The van der Waals surface area contributed by atoms with Crippen LogP contribution in [0.3, 0.4) is 0 Å². The Morgan fingerprint density at radius 1 is 1.33 bits per heavy atom. The maximum atomic E-state index is 12.4. The first-order chi connectivity index (χ1) is 9.82. The molecular weight excluding hydrogens is 287 g/mol. The number of alkyl halides is 3. The van der Waals surface area contributed by atoms with E-state index in [1.54, 1.807) is 6.92 Å². The summed E-state index contributed by atoms with van der Waals surface area (Å²) in [6.45, 7) is 1.58. The van der Waals surface area contributed by atoms with Crippen molar-refractivity contribution < 1.29 is 18.0 Å². The number of H-pyrrole nitrogens is 1. The number of hydrogen-bond donors (Lipinski definition) is 2. The van der Waals surface area contributed by atoms with Crippen LogP contribution in [0.4, 0.5) is 24.7 Å². The maximum Gasteiger partial charge on any atom is 0.449 e. The number of nitrogens with one attached hydrogen (secondary N) is 2. The number of aromatic amines is 1. The highest BCUT2D eigenvalue weighted by Crippen LogP contribution is 2.29. The van der Waals surface area contributed by atoms with E-state index in [-0.39, 0.29) is 17.1 Å². The van der Waals surface area contributed by atoms with Gasteiger partial charge in [0.1, 0.15) is 5.69 Å². The normalized spacial score (nSPS) is 11.0. The Hall–Kier alpha value is -2.89. The van der Waals surface area contributed by atoms with Crippen molar-refractivity contribution >= 4 is 17.4 Å². The first-order valence-electron chi connectivity index (χ1n) is 5.71. The second-order valence-corrected chi connectivity index (χ2v) is 4.18. The van der Waals surface area contributed by atoms with Gasteiger partial charge in [-0.1, -0.05) is 0 Å². The number of hydrogen-bond acceptors (Lipinski definition) is 3. The van der Waals surface area contributed by atoms with Gasteiger partial charge in [0.05, 0.1) is 5.56 Å². The second kappa shape index (κ2) is 5.24. The molecule has 6 nitrogen and oxygen atoms in total. The number of aryl methyl sites for hydroxylation is 1. The zero-order chi connectivity index (χ0) is 15.6. The van der Waals surface area contributed by atoms with Crippen LogP contribution in [0.15, 0.2) is 24.3 Å². The smallest absolute Gasteiger partial charge is 0.298 e. The molecule has 1 heterocycles. The Kier molecular flexibility index (Phi) is 3.62. The van der Waals surface area contributed by atoms with E-state index in [1.807, 2.05) is 0 Å². The molecule has 0 saturated heterocycles. The van der Waals surface area contributed by atoms with Crippen LogP contribution in [-0.2, 0) is 6.18 Å². The average molecular weight is 296 g/mol. The Labute approximate surface area is 116 Å². The van der Waals surface area contributed by atoms with Crippen molar-refractivity contribution in [3.63, 3.8) is 0 Å². The number of carbonyl (C=O) groups is 1. The molecule has 2 rings (SSSR count). The summed E-state index contributed by atoms with van der Waals surface area (Å²) in [5.74, 6) is -0.681. The summed E-state index contributed by atoms with van der Waals surface area (Å²) in [5.41, 5.74) is -0.344. The van der Waals surface area contributed by atoms with Crippen molar-refractivity contribution in [2.45, 2.75) is 13.1 Å².